The molecule has 0 radical (unpaired) electrons. The number of carbonyl (C=O) groups is 3. The predicted molar refractivity (Wildman–Crippen MR) is 321 cm³/mol. The standard InChI is InChI=1S/C68H122O6/c1-4-7-10-13-16-19-21-23-25-27-28-29-30-31-32-33-34-35-36-37-38-39-40-42-43-45-47-49-52-55-58-61-67(70)73-64-65(63-72-66(69)60-57-54-51-18-15-12-9-6-3)74-68(71)62-59-56-53-50-48-46-44-41-26-24-22-20-17-14-11-8-5-2/h8,11,17,20-21,23-24,26-28,65H,4-7,9-10,12-16,18-19,22,25,29-64H2,1-3H3/b11-8-,20-17-,23-21-,26-24-,28-27-. The highest BCUT2D eigenvalue weighted by Crippen LogP contribution is 2.17. The third-order valence-electron chi connectivity index (χ3n) is 14.3. The second kappa shape index (κ2) is 62.6. The minimum atomic E-state index is -0.775. The molecular formula is C68H122O6. The smallest absolute Gasteiger partial charge is 0.306 e. The highest BCUT2D eigenvalue weighted by Gasteiger charge is 2.19. The van der Waals surface area contributed by atoms with Crippen LogP contribution in [0.15, 0.2) is 60.8 Å². The van der Waals surface area contributed by atoms with Crippen LogP contribution in [-0.2, 0) is 28.6 Å². The molecule has 0 aromatic rings. The lowest BCUT2D eigenvalue weighted by molar-refractivity contribution is -0.167. The molecule has 0 amide bonds. The van der Waals surface area contributed by atoms with Gasteiger partial charge >= 0.3 is 17.9 Å². The van der Waals surface area contributed by atoms with Crippen molar-refractivity contribution in [2.45, 2.75) is 341 Å². The highest BCUT2D eigenvalue weighted by atomic mass is 16.6. The largest absolute Gasteiger partial charge is 0.462 e. The Labute approximate surface area is 460 Å². The van der Waals surface area contributed by atoms with Gasteiger partial charge in [0.05, 0.1) is 0 Å². The monoisotopic (exact) mass is 1030 g/mol. The Morgan fingerprint density at radius 2 is 0.527 bits per heavy atom. The molecule has 0 spiro atoms. The number of hydrogen-bond acceptors (Lipinski definition) is 6. The van der Waals surface area contributed by atoms with Crippen LogP contribution in [0.1, 0.15) is 335 Å². The van der Waals surface area contributed by atoms with E-state index in [1.165, 1.54) is 205 Å². The molecule has 6 heteroatoms. The van der Waals surface area contributed by atoms with Crippen molar-refractivity contribution in [1.82, 2.24) is 0 Å². The fourth-order valence-electron chi connectivity index (χ4n) is 9.43. The maximum Gasteiger partial charge on any atom is 0.306 e. The molecule has 0 bridgehead atoms. The van der Waals surface area contributed by atoms with Crippen molar-refractivity contribution < 1.29 is 28.6 Å². The molecule has 0 rings (SSSR count). The Bertz CT molecular complexity index is 1330. The molecule has 0 aliphatic heterocycles. The molecule has 0 fully saturated rings. The number of ether oxygens (including phenoxy) is 3. The Hall–Kier alpha value is -2.89. The van der Waals surface area contributed by atoms with Crippen molar-refractivity contribution in [3.05, 3.63) is 60.8 Å². The van der Waals surface area contributed by atoms with Gasteiger partial charge in [-0.25, -0.2) is 0 Å². The predicted octanol–water partition coefficient (Wildman–Crippen LogP) is 21.9. The average molecular weight is 1040 g/mol. The molecule has 1 unspecified atom stereocenters. The van der Waals surface area contributed by atoms with Crippen LogP contribution in [0.3, 0.4) is 0 Å². The van der Waals surface area contributed by atoms with Crippen LogP contribution in [0.4, 0.5) is 0 Å². The summed E-state index contributed by atoms with van der Waals surface area (Å²) in [5.41, 5.74) is 0. The lowest BCUT2D eigenvalue weighted by Crippen LogP contribution is -2.30. The number of carbonyl (C=O) groups excluding carboxylic acids is 3. The van der Waals surface area contributed by atoms with Gasteiger partial charge in [0, 0.05) is 19.3 Å². The van der Waals surface area contributed by atoms with Gasteiger partial charge < -0.3 is 14.2 Å². The minimum absolute atomic E-state index is 0.0744. The zero-order chi connectivity index (χ0) is 53.6. The lowest BCUT2D eigenvalue weighted by Gasteiger charge is -2.18. The second-order valence-corrected chi connectivity index (χ2v) is 21.6. The van der Waals surface area contributed by atoms with E-state index in [9.17, 15) is 14.4 Å². The van der Waals surface area contributed by atoms with Crippen molar-refractivity contribution in [1.29, 1.82) is 0 Å². The van der Waals surface area contributed by atoms with Gasteiger partial charge in [0.2, 0.25) is 0 Å². The van der Waals surface area contributed by atoms with E-state index >= 15 is 0 Å². The molecule has 0 saturated carbocycles. The van der Waals surface area contributed by atoms with Crippen molar-refractivity contribution >= 4 is 17.9 Å². The molecule has 1 atom stereocenters. The molecule has 0 aliphatic rings. The van der Waals surface area contributed by atoms with Crippen molar-refractivity contribution in [2.75, 3.05) is 13.2 Å². The van der Waals surface area contributed by atoms with Gasteiger partial charge in [-0.15, -0.1) is 0 Å². The Balaban J connectivity index is 4.05. The first-order chi connectivity index (χ1) is 36.5. The highest BCUT2D eigenvalue weighted by molar-refractivity contribution is 5.71. The van der Waals surface area contributed by atoms with Gasteiger partial charge in [-0.1, -0.05) is 293 Å². The first-order valence-corrected chi connectivity index (χ1v) is 32.3. The van der Waals surface area contributed by atoms with E-state index in [0.29, 0.717) is 19.3 Å². The van der Waals surface area contributed by atoms with Gasteiger partial charge in [-0.05, 0) is 83.5 Å². The number of unbranched alkanes of at least 4 members (excludes halogenated alkanes) is 38. The van der Waals surface area contributed by atoms with E-state index in [4.69, 9.17) is 14.2 Å². The third kappa shape index (κ3) is 60.0. The van der Waals surface area contributed by atoms with E-state index in [0.717, 1.165) is 89.9 Å². The van der Waals surface area contributed by atoms with Gasteiger partial charge in [-0.3, -0.25) is 14.4 Å². The summed E-state index contributed by atoms with van der Waals surface area (Å²) in [6.45, 7) is 6.52. The summed E-state index contributed by atoms with van der Waals surface area (Å²) < 4.78 is 16.8. The third-order valence-corrected chi connectivity index (χ3v) is 14.3. The van der Waals surface area contributed by atoms with Crippen LogP contribution in [-0.4, -0.2) is 37.2 Å². The van der Waals surface area contributed by atoms with Gasteiger partial charge in [0.15, 0.2) is 6.10 Å². The molecule has 0 N–H and O–H groups in total. The van der Waals surface area contributed by atoms with E-state index in [1.54, 1.807) is 0 Å². The van der Waals surface area contributed by atoms with Crippen LogP contribution in [0, 0.1) is 0 Å². The number of allylic oxidation sites excluding steroid dienone is 10. The molecule has 74 heavy (non-hydrogen) atoms. The fourth-order valence-corrected chi connectivity index (χ4v) is 9.43. The Kier molecular flexibility index (Phi) is 60.2. The van der Waals surface area contributed by atoms with E-state index in [-0.39, 0.29) is 31.1 Å². The SMILES string of the molecule is CC/C=C\C/C=C\C/C=C\CCCCCCCCCC(=O)OC(COC(=O)CCCCCCCCCC)COC(=O)CCCCCCCCCCCCCCCCCCCCC/C=C\C/C=C\CCCCCCC. The molecule has 0 aliphatic carbocycles. The summed E-state index contributed by atoms with van der Waals surface area (Å²) in [7, 11) is 0. The zero-order valence-electron chi connectivity index (χ0n) is 49.4. The van der Waals surface area contributed by atoms with E-state index in [1.807, 2.05) is 0 Å². The van der Waals surface area contributed by atoms with Crippen LogP contribution in [0.25, 0.3) is 0 Å². The van der Waals surface area contributed by atoms with Crippen LogP contribution < -0.4 is 0 Å². The van der Waals surface area contributed by atoms with Crippen molar-refractivity contribution in [2.24, 2.45) is 0 Å². The normalized spacial score (nSPS) is 12.4. The Morgan fingerprint density at radius 3 is 0.824 bits per heavy atom. The van der Waals surface area contributed by atoms with E-state index < -0.39 is 6.10 Å². The average Bonchev–Trinajstić information content (AvgIpc) is 3.40. The summed E-state index contributed by atoms with van der Waals surface area (Å²) in [5.74, 6) is -0.873. The summed E-state index contributed by atoms with van der Waals surface area (Å²) in [6, 6.07) is 0. The molecule has 0 aromatic heterocycles. The minimum Gasteiger partial charge on any atom is -0.462 e. The molecule has 0 saturated heterocycles. The zero-order valence-corrected chi connectivity index (χ0v) is 49.4. The van der Waals surface area contributed by atoms with Crippen molar-refractivity contribution in [3.63, 3.8) is 0 Å². The topological polar surface area (TPSA) is 78.9 Å². The maximum absolute atomic E-state index is 12.8. The van der Waals surface area contributed by atoms with Crippen LogP contribution in [0.5, 0.6) is 0 Å². The summed E-state index contributed by atoms with van der Waals surface area (Å²) in [6.07, 6.45) is 79.8. The quantitative estimate of drug-likeness (QED) is 0.0261. The molecule has 6 nitrogen and oxygen atoms in total. The molecule has 0 heterocycles. The first-order valence-electron chi connectivity index (χ1n) is 32.3. The van der Waals surface area contributed by atoms with Crippen LogP contribution >= 0.6 is 0 Å². The van der Waals surface area contributed by atoms with Gasteiger partial charge in [0.25, 0.3) is 0 Å². The molecular weight excluding hydrogens is 913 g/mol. The van der Waals surface area contributed by atoms with Gasteiger partial charge in [-0.2, -0.15) is 0 Å². The van der Waals surface area contributed by atoms with E-state index in [2.05, 4.69) is 81.5 Å². The van der Waals surface area contributed by atoms with Crippen molar-refractivity contribution in [3.8, 4) is 0 Å². The second-order valence-electron chi connectivity index (χ2n) is 21.6. The molecule has 430 valence electrons. The summed E-state index contributed by atoms with van der Waals surface area (Å²) in [5, 5.41) is 0. The Morgan fingerprint density at radius 1 is 0.284 bits per heavy atom. The fraction of sp³-hybridized carbons (Fsp3) is 0.809. The summed E-state index contributed by atoms with van der Waals surface area (Å²) in [4.78, 5) is 38.1. The first kappa shape index (κ1) is 71.1. The lowest BCUT2D eigenvalue weighted by atomic mass is 10.0. The summed E-state index contributed by atoms with van der Waals surface area (Å²) >= 11 is 0. The number of rotatable bonds is 59. The molecule has 0 aromatic carbocycles. The number of hydrogen-bond donors (Lipinski definition) is 0. The van der Waals surface area contributed by atoms with Gasteiger partial charge in [0.1, 0.15) is 13.2 Å². The maximum atomic E-state index is 12.8. The van der Waals surface area contributed by atoms with Crippen LogP contribution in [0.2, 0.25) is 0 Å². The number of esters is 3.